The van der Waals surface area contributed by atoms with Crippen LogP contribution in [0.15, 0.2) is 23.0 Å². The second-order valence-corrected chi connectivity index (χ2v) is 6.44. The Morgan fingerprint density at radius 3 is 2.69 bits per heavy atom. The second-order valence-electron chi connectivity index (χ2n) is 6.44. The molecule has 2 aromatic rings. The average Bonchev–Trinajstić information content (AvgIpc) is 3.28. The van der Waals surface area contributed by atoms with Crippen LogP contribution in [0.25, 0.3) is 10.9 Å². The summed E-state index contributed by atoms with van der Waals surface area (Å²) in [6.45, 7) is 0.547. The summed E-state index contributed by atoms with van der Waals surface area (Å²) in [7, 11) is 0. The van der Waals surface area contributed by atoms with Crippen molar-refractivity contribution in [2.75, 3.05) is 13.2 Å². The number of hydrogen-bond acceptors (Lipinski definition) is 6. The lowest BCUT2D eigenvalue weighted by atomic mass is 10.1. The van der Waals surface area contributed by atoms with E-state index in [1.807, 2.05) is 0 Å². The molecular weight excluding hydrogens is 338 g/mol. The van der Waals surface area contributed by atoms with E-state index in [-0.39, 0.29) is 17.0 Å². The van der Waals surface area contributed by atoms with E-state index in [2.05, 4.69) is 4.98 Å². The monoisotopic (exact) mass is 355 g/mol. The maximum absolute atomic E-state index is 12.4. The number of nitrogens with zero attached hydrogens (tertiary/aromatic N) is 3. The minimum Gasteiger partial charge on any atom is -0.452 e. The van der Waals surface area contributed by atoms with Gasteiger partial charge in [0.2, 0.25) is 5.91 Å². The van der Waals surface area contributed by atoms with E-state index < -0.39 is 18.5 Å². The summed E-state index contributed by atoms with van der Waals surface area (Å²) in [6, 6.07) is 4.55. The van der Waals surface area contributed by atoms with Crippen molar-refractivity contribution in [1.29, 1.82) is 0 Å². The molecule has 0 radical (unpaired) electrons. The summed E-state index contributed by atoms with van der Waals surface area (Å²) in [5.74, 6) is -0.726. The summed E-state index contributed by atoms with van der Waals surface area (Å²) >= 11 is 0. The molecule has 8 heteroatoms. The van der Waals surface area contributed by atoms with Crippen molar-refractivity contribution >= 4 is 28.7 Å². The highest BCUT2D eigenvalue weighted by Crippen LogP contribution is 2.17. The van der Waals surface area contributed by atoms with E-state index in [0.717, 1.165) is 23.6 Å². The number of hydrogen-bond donors (Lipinski definition) is 0. The molecule has 2 amide bonds. The first-order valence-corrected chi connectivity index (χ1v) is 8.58. The van der Waals surface area contributed by atoms with E-state index in [4.69, 9.17) is 4.74 Å². The van der Waals surface area contributed by atoms with Crippen molar-refractivity contribution in [1.82, 2.24) is 14.5 Å². The van der Waals surface area contributed by atoms with Crippen LogP contribution < -0.4 is 5.56 Å². The lowest BCUT2D eigenvalue weighted by molar-refractivity contribution is -0.143. The highest BCUT2D eigenvalue weighted by Gasteiger charge is 2.27. The fourth-order valence-corrected chi connectivity index (χ4v) is 3.41. The fraction of sp³-hybridized carbons (Fsp3) is 0.389. The molecule has 0 spiro atoms. The number of ether oxygens (including phenoxy) is 1. The maximum Gasteiger partial charge on any atom is 0.338 e. The van der Waals surface area contributed by atoms with Crippen LogP contribution in [0.1, 0.15) is 35.4 Å². The van der Waals surface area contributed by atoms with Gasteiger partial charge in [-0.3, -0.25) is 23.9 Å². The Balaban J connectivity index is 1.52. The van der Waals surface area contributed by atoms with Crippen molar-refractivity contribution < 1.29 is 19.1 Å². The van der Waals surface area contributed by atoms with Crippen LogP contribution >= 0.6 is 0 Å². The molecule has 1 aromatic heterocycles. The highest BCUT2D eigenvalue weighted by atomic mass is 16.5. The van der Waals surface area contributed by atoms with Crippen LogP contribution in [0.3, 0.4) is 0 Å². The number of benzene rings is 1. The zero-order valence-corrected chi connectivity index (χ0v) is 14.1. The Bertz CT molecular complexity index is 994. The largest absolute Gasteiger partial charge is 0.452 e. The zero-order chi connectivity index (χ0) is 18.3. The van der Waals surface area contributed by atoms with Crippen LogP contribution in [0.2, 0.25) is 0 Å². The third kappa shape index (κ3) is 2.77. The van der Waals surface area contributed by atoms with Crippen LogP contribution in [-0.2, 0) is 27.3 Å². The molecule has 26 heavy (non-hydrogen) atoms. The molecule has 1 aromatic carbocycles. The van der Waals surface area contributed by atoms with Crippen LogP contribution in [0.5, 0.6) is 0 Å². The SMILES string of the molecule is O=C(OCC(=O)N1CCCC1=O)c1ccc2c(=O)n3c(nc2c1)CCC3. The normalized spacial score (nSPS) is 16.2. The van der Waals surface area contributed by atoms with Gasteiger partial charge in [-0.15, -0.1) is 0 Å². The van der Waals surface area contributed by atoms with Crippen molar-refractivity contribution in [3.05, 3.63) is 39.9 Å². The third-order valence-electron chi connectivity index (χ3n) is 4.75. The molecule has 0 aliphatic carbocycles. The predicted octanol–water partition coefficient (Wildman–Crippen LogP) is 0.648. The molecule has 0 N–H and O–H groups in total. The van der Waals surface area contributed by atoms with Gasteiger partial charge in [0.1, 0.15) is 5.82 Å². The Kier molecular flexibility index (Phi) is 4.02. The van der Waals surface area contributed by atoms with Crippen molar-refractivity contribution in [2.24, 2.45) is 0 Å². The first-order valence-electron chi connectivity index (χ1n) is 8.58. The fourth-order valence-electron chi connectivity index (χ4n) is 3.41. The van der Waals surface area contributed by atoms with E-state index in [1.165, 1.54) is 12.1 Å². The molecule has 2 aliphatic heterocycles. The number of carbonyl (C=O) groups excluding carboxylic acids is 3. The number of esters is 1. The standard InChI is InChI=1S/C18H17N3O5/c22-15-4-2-8-21(15)16(23)10-26-18(25)11-5-6-12-13(9-11)19-14-3-1-7-20(14)17(12)24/h5-6,9H,1-4,7-8,10H2. The van der Waals surface area contributed by atoms with Gasteiger partial charge in [-0.1, -0.05) is 0 Å². The van der Waals surface area contributed by atoms with Gasteiger partial charge >= 0.3 is 5.97 Å². The van der Waals surface area contributed by atoms with Crippen LogP contribution in [0.4, 0.5) is 0 Å². The van der Waals surface area contributed by atoms with Crippen LogP contribution in [-0.4, -0.2) is 45.4 Å². The summed E-state index contributed by atoms with van der Waals surface area (Å²) in [4.78, 5) is 53.7. The van der Waals surface area contributed by atoms with Gasteiger partial charge in [-0.25, -0.2) is 9.78 Å². The van der Waals surface area contributed by atoms with Gasteiger partial charge in [0, 0.05) is 25.9 Å². The number of rotatable bonds is 3. The van der Waals surface area contributed by atoms with Gasteiger partial charge in [-0.2, -0.15) is 0 Å². The molecule has 134 valence electrons. The molecule has 0 saturated carbocycles. The number of likely N-dealkylation sites (tertiary alicyclic amines) is 1. The molecular formula is C18H17N3O5. The Labute approximate surface area is 148 Å². The van der Waals surface area contributed by atoms with Gasteiger partial charge in [-0.05, 0) is 31.0 Å². The number of fused-ring (bicyclic) bond motifs is 2. The predicted molar refractivity (Wildman–Crippen MR) is 90.6 cm³/mol. The van der Waals surface area contributed by atoms with Gasteiger partial charge < -0.3 is 4.74 Å². The smallest absolute Gasteiger partial charge is 0.338 e. The molecule has 1 fully saturated rings. The van der Waals surface area contributed by atoms with Crippen molar-refractivity contribution in [3.8, 4) is 0 Å². The third-order valence-corrected chi connectivity index (χ3v) is 4.75. The van der Waals surface area contributed by atoms with Crippen molar-refractivity contribution in [2.45, 2.75) is 32.2 Å². The molecule has 0 unspecified atom stereocenters. The van der Waals surface area contributed by atoms with E-state index in [1.54, 1.807) is 10.6 Å². The summed E-state index contributed by atoms with van der Waals surface area (Å²) in [5, 5.41) is 0.450. The van der Waals surface area contributed by atoms with Crippen LogP contribution in [0, 0.1) is 0 Å². The average molecular weight is 355 g/mol. The lowest BCUT2D eigenvalue weighted by Crippen LogP contribution is -2.35. The number of aromatic nitrogens is 2. The van der Waals surface area contributed by atoms with E-state index >= 15 is 0 Å². The first-order chi connectivity index (χ1) is 12.5. The van der Waals surface area contributed by atoms with E-state index in [9.17, 15) is 19.2 Å². The van der Waals surface area contributed by atoms with Gasteiger partial charge in [0.05, 0.1) is 16.5 Å². The molecule has 8 nitrogen and oxygen atoms in total. The summed E-state index contributed by atoms with van der Waals surface area (Å²) in [5.41, 5.74) is 0.552. The number of amides is 2. The zero-order valence-electron chi connectivity index (χ0n) is 14.1. The number of aryl methyl sites for hydroxylation is 1. The Hall–Kier alpha value is -3.03. The highest BCUT2D eigenvalue weighted by molar-refractivity contribution is 5.99. The quantitative estimate of drug-likeness (QED) is 0.750. The Morgan fingerprint density at radius 2 is 1.92 bits per heavy atom. The number of carbonyl (C=O) groups is 3. The molecule has 0 bridgehead atoms. The summed E-state index contributed by atoms with van der Waals surface area (Å²) < 4.78 is 6.69. The summed E-state index contributed by atoms with van der Waals surface area (Å²) in [6.07, 6.45) is 2.59. The van der Waals surface area contributed by atoms with Gasteiger partial charge in [0.25, 0.3) is 11.5 Å². The molecule has 2 aliphatic rings. The molecule has 4 rings (SSSR count). The lowest BCUT2D eigenvalue weighted by Gasteiger charge is -2.13. The molecule has 0 atom stereocenters. The van der Waals surface area contributed by atoms with Gasteiger partial charge in [0.15, 0.2) is 6.61 Å². The minimum absolute atomic E-state index is 0.106. The minimum atomic E-state index is -0.686. The maximum atomic E-state index is 12.4. The van der Waals surface area contributed by atoms with Crippen molar-refractivity contribution in [3.63, 3.8) is 0 Å². The first kappa shape index (κ1) is 16.4. The number of imide groups is 1. The van der Waals surface area contributed by atoms with E-state index in [0.29, 0.717) is 36.8 Å². The molecule has 1 saturated heterocycles. The Morgan fingerprint density at radius 1 is 1.12 bits per heavy atom. The topological polar surface area (TPSA) is 98.6 Å². The molecule has 3 heterocycles. The second kappa shape index (κ2) is 6.36.